The second kappa shape index (κ2) is 6.43. The molecule has 2 rings (SSSR count). The molecule has 1 aromatic carbocycles. The van der Waals surface area contributed by atoms with Gasteiger partial charge in [0.2, 0.25) is 5.91 Å². The predicted octanol–water partition coefficient (Wildman–Crippen LogP) is 2.54. The Hall–Kier alpha value is -1.62. The van der Waals surface area contributed by atoms with Gasteiger partial charge in [-0.1, -0.05) is 0 Å². The fourth-order valence-corrected chi connectivity index (χ4v) is 2.73. The highest BCUT2D eigenvalue weighted by Gasteiger charge is 2.35. The van der Waals surface area contributed by atoms with E-state index in [2.05, 4.69) is 10.6 Å². The Bertz CT molecular complexity index is 513. The Balaban J connectivity index is 2.12. The number of nitrogens with one attached hydrogen (secondary N) is 2. The average Bonchev–Trinajstić information content (AvgIpc) is 2.47. The number of benzene rings is 1. The molecular formula is C16H23FN2O2. The van der Waals surface area contributed by atoms with Crippen molar-refractivity contribution in [3.8, 4) is 5.75 Å². The summed E-state index contributed by atoms with van der Waals surface area (Å²) in [5.41, 5.74) is 0.0952. The largest absolute Gasteiger partial charge is 0.496 e. The van der Waals surface area contributed by atoms with Gasteiger partial charge in [-0.05, 0) is 57.9 Å². The van der Waals surface area contributed by atoms with Gasteiger partial charge >= 0.3 is 0 Å². The number of hydrogen-bond donors (Lipinski definition) is 2. The summed E-state index contributed by atoms with van der Waals surface area (Å²) in [6.45, 7) is 4.60. The molecule has 2 atom stereocenters. The van der Waals surface area contributed by atoms with Crippen LogP contribution in [0.3, 0.4) is 0 Å². The second-order valence-corrected chi connectivity index (χ2v) is 5.80. The van der Waals surface area contributed by atoms with E-state index in [9.17, 15) is 9.18 Å². The molecule has 1 amide bonds. The van der Waals surface area contributed by atoms with E-state index in [1.807, 2.05) is 13.8 Å². The lowest BCUT2D eigenvalue weighted by Gasteiger charge is -2.34. The SMILES string of the molecule is COc1ccc(F)cc1C(C)NC(=O)C1(C)CCCCN1. The fourth-order valence-electron chi connectivity index (χ4n) is 2.73. The topological polar surface area (TPSA) is 50.4 Å². The van der Waals surface area contributed by atoms with E-state index in [1.165, 1.54) is 19.2 Å². The molecule has 4 nitrogen and oxygen atoms in total. The third-order valence-corrected chi connectivity index (χ3v) is 4.13. The molecule has 0 bridgehead atoms. The minimum absolute atomic E-state index is 0.0546. The molecule has 1 aliphatic rings. The van der Waals surface area contributed by atoms with Gasteiger partial charge in [-0.3, -0.25) is 4.79 Å². The molecule has 0 aliphatic carbocycles. The highest BCUT2D eigenvalue weighted by Crippen LogP contribution is 2.27. The number of hydrogen-bond acceptors (Lipinski definition) is 3. The van der Waals surface area contributed by atoms with Gasteiger partial charge in [-0.2, -0.15) is 0 Å². The molecule has 2 N–H and O–H groups in total. The van der Waals surface area contributed by atoms with Crippen LogP contribution < -0.4 is 15.4 Å². The third kappa shape index (κ3) is 3.53. The van der Waals surface area contributed by atoms with Gasteiger partial charge < -0.3 is 15.4 Å². The van der Waals surface area contributed by atoms with Crippen molar-refractivity contribution >= 4 is 5.91 Å². The molecule has 116 valence electrons. The first kappa shape index (κ1) is 15.8. The average molecular weight is 294 g/mol. The number of ether oxygens (including phenoxy) is 1. The maximum atomic E-state index is 13.4. The van der Waals surface area contributed by atoms with Gasteiger partial charge in [0.05, 0.1) is 18.7 Å². The number of carbonyl (C=O) groups is 1. The molecule has 0 aromatic heterocycles. The van der Waals surface area contributed by atoms with Crippen LogP contribution in [0.5, 0.6) is 5.75 Å². The van der Waals surface area contributed by atoms with E-state index in [0.29, 0.717) is 11.3 Å². The third-order valence-electron chi connectivity index (χ3n) is 4.13. The molecule has 1 saturated heterocycles. The molecule has 1 fully saturated rings. The van der Waals surface area contributed by atoms with Gasteiger partial charge in [-0.25, -0.2) is 4.39 Å². The van der Waals surface area contributed by atoms with Crippen molar-refractivity contribution < 1.29 is 13.9 Å². The quantitative estimate of drug-likeness (QED) is 0.897. The Morgan fingerprint density at radius 1 is 1.48 bits per heavy atom. The van der Waals surface area contributed by atoms with Crippen molar-refractivity contribution in [3.63, 3.8) is 0 Å². The van der Waals surface area contributed by atoms with E-state index in [0.717, 1.165) is 25.8 Å². The second-order valence-electron chi connectivity index (χ2n) is 5.80. The number of amides is 1. The highest BCUT2D eigenvalue weighted by atomic mass is 19.1. The number of methoxy groups -OCH3 is 1. The molecule has 0 radical (unpaired) electrons. The summed E-state index contributed by atoms with van der Waals surface area (Å²) < 4.78 is 18.7. The lowest BCUT2D eigenvalue weighted by Crippen LogP contribution is -2.57. The van der Waals surface area contributed by atoms with Crippen molar-refractivity contribution in [2.45, 2.75) is 44.7 Å². The summed E-state index contributed by atoms with van der Waals surface area (Å²) >= 11 is 0. The zero-order valence-corrected chi connectivity index (χ0v) is 12.8. The lowest BCUT2D eigenvalue weighted by atomic mass is 9.89. The van der Waals surface area contributed by atoms with Crippen molar-refractivity contribution in [1.29, 1.82) is 0 Å². The zero-order valence-electron chi connectivity index (χ0n) is 12.8. The Kier molecular flexibility index (Phi) is 4.83. The minimum Gasteiger partial charge on any atom is -0.496 e. The lowest BCUT2D eigenvalue weighted by molar-refractivity contribution is -0.128. The predicted molar refractivity (Wildman–Crippen MR) is 79.8 cm³/mol. The molecule has 5 heteroatoms. The summed E-state index contributed by atoms with van der Waals surface area (Å²) in [4.78, 5) is 12.5. The van der Waals surface area contributed by atoms with E-state index >= 15 is 0 Å². The molecule has 21 heavy (non-hydrogen) atoms. The van der Waals surface area contributed by atoms with Crippen LogP contribution in [0.1, 0.15) is 44.7 Å². The van der Waals surface area contributed by atoms with E-state index in [-0.39, 0.29) is 17.8 Å². The van der Waals surface area contributed by atoms with Crippen LogP contribution in [-0.2, 0) is 4.79 Å². The first-order valence-corrected chi connectivity index (χ1v) is 7.36. The van der Waals surface area contributed by atoms with E-state index in [4.69, 9.17) is 4.74 Å². The Morgan fingerprint density at radius 3 is 2.86 bits per heavy atom. The van der Waals surface area contributed by atoms with Gasteiger partial charge in [0.1, 0.15) is 11.6 Å². The Morgan fingerprint density at radius 2 is 2.24 bits per heavy atom. The first-order chi connectivity index (χ1) is 9.96. The van der Waals surface area contributed by atoms with E-state index < -0.39 is 5.54 Å². The van der Waals surface area contributed by atoms with Crippen molar-refractivity contribution in [1.82, 2.24) is 10.6 Å². The van der Waals surface area contributed by atoms with Crippen molar-refractivity contribution in [2.24, 2.45) is 0 Å². The van der Waals surface area contributed by atoms with Crippen LogP contribution >= 0.6 is 0 Å². The Labute approximate surface area is 125 Å². The summed E-state index contributed by atoms with van der Waals surface area (Å²) in [6, 6.07) is 4.01. The molecule has 1 aromatic rings. The van der Waals surface area contributed by atoms with Gasteiger partial charge in [0, 0.05) is 5.56 Å². The molecule has 0 saturated carbocycles. The zero-order chi connectivity index (χ0) is 15.5. The fraction of sp³-hybridized carbons (Fsp3) is 0.562. The van der Waals surface area contributed by atoms with Crippen LogP contribution in [0.15, 0.2) is 18.2 Å². The molecular weight excluding hydrogens is 271 g/mol. The normalized spacial score (nSPS) is 23.4. The maximum Gasteiger partial charge on any atom is 0.240 e. The minimum atomic E-state index is -0.549. The summed E-state index contributed by atoms with van der Waals surface area (Å²) in [5, 5.41) is 6.23. The van der Waals surface area contributed by atoms with Gasteiger partial charge in [0.15, 0.2) is 0 Å². The highest BCUT2D eigenvalue weighted by molar-refractivity contribution is 5.86. The summed E-state index contributed by atoms with van der Waals surface area (Å²) in [7, 11) is 1.54. The van der Waals surface area contributed by atoms with Crippen LogP contribution in [0.25, 0.3) is 0 Å². The molecule has 0 spiro atoms. The smallest absolute Gasteiger partial charge is 0.240 e. The van der Waals surface area contributed by atoms with Gasteiger partial charge in [-0.15, -0.1) is 0 Å². The molecule has 1 heterocycles. The molecule has 2 unspecified atom stereocenters. The van der Waals surface area contributed by atoms with E-state index in [1.54, 1.807) is 6.07 Å². The maximum absolute atomic E-state index is 13.4. The molecule has 1 aliphatic heterocycles. The van der Waals surface area contributed by atoms with Crippen LogP contribution in [-0.4, -0.2) is 25.1 Å². The van der Waals surface area contributed by atoms with Gasteiger partial charge in [0.25, 0.3) is 0 Å². The van der Waals surface area contributed by atoms with Crippen LogP contribution in [0, 0.1) is 5.82 Å². The standard InChI is InChI=1S/C16H23FN2O2/c1-11(13-10-12(17)6-7-14(13)21-3)19-15(20)16(2)8-4-5-9-18-16/h6-7,10-11,18H,4-5,8-9H2,1-3H3,(H,19,20). The monoisotopic (exact) mass is 294 g/mol. The van der Waals surface area contributed by atoms with Crippen LogP contribution in [0.2, 0.25) is 0 Å². The first-order valence-electron chi connectivity index (χ1n) is 7.36. The number of rotatable bonds is 4. The van der Waals surface area contributed by atoms with Crippen molar-refractivity contribution in [3.05, 3.63) is 29.6 Å². The number of halogens is 1. The number of carbonyl (C=O) groups excluding carboxylic acids is 1. The summed E-state index contributed by atoms with van der Waals surface area (Å²) in [5.74, 6) is 0.181. The van der Waals surface area contributed by atoms with Crippen molar-refractivity contribution in [2.75, 3.05) is 13.7 Å². The van der Waals surface area contributed by atoms with Crippen LogP contribution in [0.4, 0.5) is 4.39 Å². The summed E-state index contributed by atoms with van der Waals surface area (Å²) in [6.07, 6.45) is 2.94. The number of piperidine rings is 1.